The minimum atomic E-state index is -0.177. The Bertz CT molecular complexity index is 1230. The van der Waals surface area contributed by atoms with Crippen molar-refractivity contribution >= 4 is 45.0 Å². The van der Waals surface area contributed by atoms with E-state index in [1.54, 1.807) is 18.2 Å². The van der Waals surface area contributed by atoms with E-state index in [2.05, 4.69) is 26.2 Å². The number of benzene rings is 2. The van der Waals surface area contributed by atoms with Crippen LogP contribution in [0.4, 0.5) is 0 Å². The molecule has 1 saturated heterocycles. The maximum Gasteiger partial charge on any atom is 0.262 e. The van der Waals surface area contributed by atoms with Crippen LogP contribution in [0.25, 0.3) is 10.9 Å². The fourth-order valence-electron chi connectivity index (χ4n) is 3.91. The quantitative estimate of drug-likeness (QED) is 0.330. The Morgan fingerprint density at radius 1 is 1.22 bits per heavy atom. The van der Waals surface area contributed by atoms with Crippen LogP contribution in [0.1, 0.15) is 22.3 Å². The van der Waals surface area contributed by atoms with Crippen molar-refractivity contribution in [2.24, 2.45) is 0 Å². The molecule has 0 atom stereocenters. The molecule has 1 aliphatic rings. The number of amides is 1. The lowest BCUT2D eigenvalue weighted by atomic mass is 10.1. The van der Waals surface area contributed by atoms with Gasteiger partial charge in [0.2, 0.25) is 0 Å². The zero-order valence-electron chi connectivity index (χ0n) is 17.7. The number of nitrogens with one attached hydrogen (secondary N) is 3. The molecule has 32 heavy (non-hydrogen) atoms. The molecule has 3 N–H and O–H groups in total. The summed E-state index contributed by atoms with van der Waals surface area (Å²) in [5.41, 5.74) is 1.86. The Morgan fingerprint density at radius 2 is 2.03 bits per heavy atom. The summed E-state index contributed by atoms with van der Waals surface area (Å²) >= 11 is 8.89. The van der Waals surface area contributed by atoms with Crippen LogP contribution in [0.5, 0.6) is 0 Å². The van der Waals surface area contributed by atoms with Gasteiger partial charge in [0.25, 0.3) is 11.5 Å². The molecule has 0 radical (unpaired) electrons. The molecule has 1 amide bonds. The molecule has 1 aliphatic heterocycles. The molecule has 1 aromatic heterocycles. The lowest BCUT2D eigenvalue weighted by Crippen LogP contribution is -3.14. The first-order valence-electron chi connectivity index (χ1n) is 10.7. The maximum absolute atomic E-state index is 13.0. The van der Waals surface area contributed by atoms with Crippen LogP contribution in [-0.2, 0) is 11.3 Å². The van der Waals surface area contributed by atoms with Crippen LogP contribution in [0, 0.1) is 4.77 Å². The molecule has 3 aromatic rings. The molecule has 9 heteroatoms. The second-order valence-corrected chi connectivity index (χ2v) is 9.24. The number of ether oxygens (including phenoxy) is 1. The van der Waals surface area contributed by atoms with E-state index in [1.807, 2.05) is 24.3 Å². The van der Waals surface area contributed by atoms with Gasteiger partial charge in [0.1, 0.15) is 13.1 Å². The molecule has 0 unspecified atom stereocenters. The van der Waals surface area contributed by atoms with Crippen LogP contribution in [-0.4, -0.2) is 54.9 Å². The van der Waals surface area contributed by atoms with Crippen LogP contribution in [0.15, 0.2) is 51.7 Å². The van der Waals surface area contributed by atoms with Gasteiger partial charge in [-0.15, -0.1) is 0 Å². The van der Waals surface area contributed by atoms with Gasteiger partial charge in [0.05, 0.1) is 37.2 Å². The van der Waals surface area contributed by atoms with Gasteiger partial charge in [-0.2, -0.15) is 0 Å². The molecule has 0 aliphatic carbocycles. The molecule has 168 valence electrons. The number of hydrogen-bond donors (Lipinski definition) is 3. The number of rotatable bonds is 7. The lowest BCUT2D eigenvalue weighted by Gasteiger charge is -2.23. The summed E-state index contributed by atoms with van der Waals surface area (Å²) < 4.78 is 8.18. The number of aromatic nitrogens is 2. The zero-order valence-corrected chi connectivity index (χ0v) is 20.1. The van der Waals surface area contributed by atoms with E-state index in [9.17, 15) is 9.59 Å². The smallest absolute Gasteiger partial charge is 0.262 e. The SMILES string of the molecule is O=C(NCCC[NH+]1CCOCC1)c1ccc2c(=O)n(Cc3cccc(Br)c3)c(=S)[nH]c2c1. The normalized spacial score (nSPS) is 14.5. The summed E-state index contributed by atoms with van der Waals surface area (Å²) in [6.07, 6.45) is 0.914. The minimum Gasteiger partial charge on any atom is -0.370 e. The summed E-state index contributed by atoms with van der Waals surface area (Å²) in [5, 5.41) is 3.47. The Morgan fingerprint density at radius 3 is 2.81 bits per heavy atom. The van der Waals surface area contributed by atoms with Gasteiger partial charge in [-0.3, -0.25) is 14.2 Å². The van der Waals surface area contributed by atoms with Gasteiger partial charge in [-0.25, -0.2) is 0 Å². The third-order valence-electron chi connectivity index (χ3n) is 5.67. The van der Waals surface area contributed by atoms with Crippen molar-refractivity contribution in [3.8, 4) is 0 Å². The molecule has 0 saturated carbocycles. The van der Waals surface area contributed by atoms with Crippen molar-refractivity contribution in [3.05, 3.63) is 73.2 Å². The zero-order chi connectivity index (χ0) is 22.5. The third kappa shape index (κ3) is 5.53. The van der Waals surface area contributed by atoms with E-state index in [0.29, 0.717) is 34.3 Å². The van der Waals surface area contributed by atoms with Crippen molar-refractivity contribution in [2.45, 2.75) is 13.0 Å². The highest BCUT2D eigenvalue weighted by atomic mass is 79.9. The first-order chi connectivity index (χ1) is 15.5. The van der Waals surface area contributed by atoms with E-state index >= 15 is 0 Å². The molecule has 1 fully saturated rings. The third-order valence-corrected chi connectivity index (χ3v) is 6.48. The Labute approximate surface area is 199 Å². The maximum atomic E-state index is 13.0. The Hall–Kier alpha value is -2.33. The highest BCUT2D eigenvalue weighted by Crippen LogP contribution is 2.14. The molecule has 0 bridgehead atoms. The predicted molar refractivity (Wildman–Crippen MR) is 130 cm³/mol. The number of carbonyl (C=O) groups excluding carboxylic acids is 1. The minimum absolute atomic E-state index is 0.151. The van der Waals surface area contributed by atoms with Crippen molar-refractivity contribution in [2.75, 3.05) is 39.4 Å². The van der Waals surface area contributed by atoms with Crippen LogP contribution in [0.2, 0.25) is 0 Å². The molecule has 2 heterocycles. The average Bonchev–Trinajstić information content (AvgIpc) is 2.80. The topological polar surface area (TPSA) is 80.6 Å². The number of fused-ring (bicyclic) bond motifs is 1. The molecular formula is C23H26BrN4O3S+. The number of morpholine rings is 1. The largest absolute Gasteiger partial charge is 0.370 e. The van der Waals surface area contributed by atoms with Gasteiger partial charge in [0.15, 0.2) is 4.77 Å². The highest BCUT2D eigenvalue weighted by Gasteiger charge is 2.14. The number of nitrogens with zero attached hydrogens (tertiary/aromatic N) is 1. The number of H-pyrrole nitrogens is 1. The Balaban J connectivity index is 1.45. The molecular weight excluding hydrogens is 492 g/mol. The number of hydrogen-bond acceptors (Lipinski definition) is 4. The summed E-state index contributed by atoms with van der Waals surface area (Å²) in [4.78, 5) is 30.2. The van der Waals surface area contributed by atoms with Crippen molar-refractivity contribution in [1.82, 2.24) is 14.9 Å². The van der Waals surface area contributed by atoms with Gasteiger partial charge >= 0.3 is 0 Å². The van der Waals surface area contributed by atoms with E-state index in [-0.39, 0.29) is 11.5 Å². The van der Waals surface area contributed by atoms with Gasteiger partial charge in [0, 0.05) is 23.0 Å². The van der Waals surface area contributed by atoms with Crippen molar-refractivity contribution < 1.29 is 14.4 Å². The average molecular weight is 518 g/mol. The number of carbonyl (C=O) groups is 1. The van der Waals surface area contributed by atoms with E-state index < -0.39 is 0 Å². The Kier molecular flexibility index (Phi) is 7.51. The molecule has 2 aromatic carbocycles. The van der Waals surface area contributed by atoms with Crippen LogP contribution >= 0.6 is 28.1 Å². The second kappa shape index (κ2) is 10.5. The van der Waals surface area contributed by atoms with Gasteiger partial charge in [-0.05, 0) is 48.1 Å². The molecule has 4 rings (SSSR count). The fraction of sp³-hybridized carbons (Fsp3) is 0.348. The summed E-state index contributed by atoms with van der Waals surface area (Å²) in [6.45, 7) is 5.68. The van der Waals surface area contributed by atoms with Gasteiger partial charge < -0.3 is 19.9 Å². The highest BCUT2D eigenvalue weighted by molar-refractivity contribution is 9.10. The van der Waals surface area contributed by atoms with Crippen LogP contribution < -0.4 is 15.8 Å². The second-order valence-electron chi connectivity index (χ2n) is 7.93. The molecule has 7 nitrogen and oxygen atoms in total. The van der Waals surface area contributed by atoms with Crippen molar-refractivity contribution in [3.63, 3.8) is 0 Å². The number of aromatic amines is 1. The van der Waals surface area contributed by atoms with E-state index in [0.717, 1.165) is 49.3 Å². The monoisotopic (exact) mass is 517 g/mol. The fourth-order valence-corrected chi connectivity index (χ4v) is 4.61. The summed E-state index contributed by atoms with van der Waals surface area (Å²) in [5.74, 6) is -0.151. The standard InChI is InChI=1S/C23H25BrN4O3S/c24-18-4-1-3-16(13-18)15-28-22(30)19-6-5-17(14-20(19)26-23(28)32)21(29)25-7-2-8-27-9-11-31-12-10-27/h1,3-6,13-14H,2,7-12,15H2,(H,25,29)(H,26,32)/p+1. The summed E-state index contributed by atoms with van der Waals surface area (Å²) in [7, 11) is 0. The first kappa shape index (κ1) is 22.8. The number of halogens is 1. The predicted octanol–water partition coefficient (Wildman–Crippen LogP) is 1.90. The number of quaternary nitrogens is 1. The van der Waals surface area contributed by atoms with E-state index in [4.69, 9.17) is 17.0 Å². The van der Waals surface area contributed by atoms with Crippen LogP contribution in [0.3, 0.4) is 0 Å². The summed E-state index contributed by atoms with van der Waals surface area (Å²) in [6, 6.07) is 12.8. The van der Waals surface area contributed by atoms with Gasteiger partial charge in [-0.1, -0.05) is 28.1 Å². The van der Waals surface area contributed by atoms with Crippen molar-refractivity contribution in [1.29, 1.82) is 0 Å². The molecule has 0 spiro atoms. The lowest BCUT2D eigenvalue weighted by molar-refractivity contribution is -0.908. The first-order valence-corrected chi connectivity index (χ1v) is 11.9. The van der Waals surface area contributed by atoms with E-state index in [1.165, 1.54) is 9.47 Å².